The van der Waals surface area contributed by atoms with E-state index in [2.05, 4.69) is 51.7 Å². The second-order valence-electron chi connectivity index (χ2n) is 9.19. The zero-order valence-corrected chi connectivity index (χ0v) is 21.5. The minimum atomic E-state index is -0.527. The van der Waals surface area contributed by atoms with Crippen molar-refractivity contribution in [3.8, 4) is 22.4 Å². The van der Waals surface area contributed by atoms with E-state index in [0.717, 1.165) is 40.4 Å². The van der Waals surface area contributed by atoms with Gasteiger partial charge in [0, 0.05) is 30.3 Å². The highest BCUT2D eigenvalue weighted by Gasteiger charge is 2.33. The molecule has 0 unspecified atom stereocenters. The molecular weight excluding hydrogens is 484 g/mol. The van der Waals surface area contributed by atoms with Crippen molar-refractivity contribution >= 4 is 23.3 Å². The highest BCUT2D eigenvalue weighted by molar-refractivity contribution is 7.09. The molecule has 2 atom stereocenters. The third-order valence-electron chi connectivity index (χ3n) is 6.74. The predicted molar refractivity (Wildman–Crippen MR) is 145 cm³/mol. The van der Waals surface area contributed by atoms with Gasteiger partial charge in [-0.05, 0) is 41.0 Å². The number of ether oxygens (including phenoxy) is 1. The van der Waals surface area contributed by atoms with Crippen molar-refractivity contribution in [2.75, 3.05) is 13.7 Å². The van der Waals surface area contributed by atoms with Gasteiger partial charge in [-0.15, -0.1) is 11.3 Å². The molecule has 0 radical (unpaired) electrons. The van der Waals surface area contributed by atoms with Gasteiger partial charge in [0.25, 0.3) is 0 Å². The molecule has 0 spiro atoms. The van der Waals surface area contributed by atoms with Crippen LogP contribution in [0.4, 0.5) is 4.79 Å². The average Bonchev–Trinajstić information content (AvgIpc) is 3.71. The van der Waals surface area contributed by atoms with Crippen molar-refractivity contribution in [1.82, 2.24) is 20.2 Å². The Morgan fingerprint density at radius 1 is 1.08 bits per heavy atom. The number of aromatic nitrogens is 2. The van der Waals surface area contributed by atoms with Crippen LogP contribution in [-0.2, 0) is 16.0 Å². The molecule has 7 nitrogen and oxygen atoms in total. The zero-order chi connectivity index (χ0) is 25.6. The van der Waals surface area contributed by atoms with Gasteiger partial charge in [0.15, 0.2) is 0 Å². The minimum absolute atomic E-state index is 0.00521. The molecule has 5 rings (SSSR count). The van der Waals surface area contributed by atoms with Crippen LogP contribution in [0.25, 0.3) is 22.4 Å². The molecule has 1 fully saturated rings. The van der Waals surface area contributed by atoms with Crippen LogP contribution in [-0.4, -0.2) is 46.6 Å². The van der Waals surface area contributed by atoms with Gasteiger partial charge in [-0.1, -0.05) is 60.7 Å². The molecule has 2 aromatic heterocycles. The first kappa shape index (κ1) is 24.8. The quantitative estimate of drug-likeness (QED) is 0.310. The van der Waals surface area contributed by atoms with Crippen LogP contribution in [0.15, 0.2) is 78.3 Å². The van der Waals surface area contributed by atoms with Crippen LogP contribution in [0.3, 0.4) is 0 Å². The fourth-order valence-corrected chi connectivity index (χ4v) is 5.66. The average molecular weight is 515 g/mol. The number of nitrogens with zero attached hydrogens (tertiary/aromatic N) is 2. The van der Waals surface area contributed by atoms with Gasteiger partial charge in [-0.2, -0.15) is 0 Å². The van der Waals surface area contributed by atoms with Gasteiger partial charge in [0.2, 0.25) is 5.91 Å². The van der Waals surface area contributed by atoms with Crippen LogP contribution < -0.4 is 5.32 Å². The van der Waals surface area contributed by atoms with E-state index in [9.17, 15) is 9.59 Å². The lowest BCUT2D eigenvalue weighted by atomic mass is 10.0. The summed E-state index contributed by atoms with van der Waals surface area (Å²) in [6.45, 7) is 0.676. The molecule has 0 aliphatic carbocycles. The molecule has 3 heterocycles. The Hall–Kier alpha value is -3.91. The summed E-state index contributed by atoms with van der Waals surface area (Å²) in [5.74, 6) is 0.800. The molecule has 8 heteroatoms. The summed E-state index contributed by atoms with van der Waals surface area (Å²) in [5, 5.41) is 4.82. The maximum Gasteiger partial charge on any atom is 0.407 e. The number of benzene rings is 2. The Morgan fingerprint density at radius 3 is 2.57 bits per heavy atom. The molecule has 190 valence electrons. The van der Waals surface area contributed by atoms with E-state index in [0.29, 0.717) is 13.0 Å². The topological polar surface area (TPSA) is 87.3 Å². The summed E-state index contributed by atoms with van der Waals surface area (Å²) < 4.78 is 4.79. The largest absolute Gasteiger partial charge is 0.453 e. The van der Waals surface area contributed by atoms with E-state index in [-0.39, 0.29) is 24.4 Å². The lowest BCUT2D eigenvalue weighted by molar-refractivity contribution is -0.132. The number of imidazole rings is 1. The van der Waals surface area contributed by atoms with E-state index in [4.69, 9.17) is 4.74 Å². The second kappa shape index (κ2) is 11.4. The lowest BCUT2D eigenvalue weighted by Gasteiger charge is -2.26. The number of hydrogen-bond acceptors (Lipinski definition) is 5. The number of hydrogen-bond donors (Lipinski definition) is 2. The predicted octanol–water partition coefficient (Wildman–Crippen LogP) is 5.83. The van der Waals surface area contributed by atoms with Crippen molar-refractivity contribution in [2.45, 2.75) is 37.8 Å². The number of alkyl carbamates (subject to hydrolysis) is 1. The number of carbonyl (C=O) groups is 2. The third-order valence-corrected chi connectivity index (χ3v) is 7.64. The number of thiophene rings is 1. The number of aromatic amines is 1. The smallest absolute Gasteiger partial charge is 0.407 e. The van der Waals surface area contributed by atoms with E-state index in [1.54, 1.807) is 11.3 Å². The normalized spacial score (nSPS) is 15.9. The van der Waals surface area contributed by atoms with Crippen molar-refractivity contribution in [3.63, 3.8) is 0 Å². The molecule has 2 amide bonds. The summed E-state index contributed by atoms with van der Waals surface area (Å²) >= 11 is 1.61. The summed E-state index contributed by atoms with van der Waals surface area (Å²) in [7, 11) is 1.33. The van der Waals surface area contributed by atoms with Gasteiger partial charge in [-0.25, -0.2) is 9.78 Å². The van der Waals surface area contributed by atoms with Crippen LogP contribution >= 0.6 is 11.3 Å². The molecule has 0 saturated carbocycles. The van der Waals surface area contributed by atoms with Crippen LogP contribution in [0.2, 0.25) is 0 Å². The highest BCUT2D eigenvalue weighted by Crippen LogP contribution is 2.33. The number of carbonyl (C=O) groups excluding carboxylic acids is 2. The van der Waals surface area contributed by atoms with Crippen molar-refractivity contribution in [2.24, 2.45) is 0 Å². The maximum atomic E-state index is 13.4. The van der Waals surface area contributed by atoms with Crippen molar-refractivity contribution < 1.29 is 14.3 Å². The van der Waals surface area contributed by atoms with Crippen LogP contribution in [0.5, 0.6) is 0 Å². The van der Waals surface area contributed by atoms with Crippen LogP contribution in [0.1, 0.15) is 36.0 Å². The maximum absolute atomic E-state index is 13.4. The Bertz CT molecular complexity index is 1320. The number of H-pyrrole nitrogens is 1. The molecule has 1 aliphatic heterocycles. The number of methoxy groups -OCH3 is 1. The van der Waals surface area contributed by atoms with Gasteiger partial charge in [0.05, 0.1) is 25.0 Å². The summed E-state index contributed by atoms with van der Waals surface area (Å²) in [5.41, 5.74) is 4.32. The Morgan fingerprint density at radius 2 is 1.84 bits per heavy atom. The Balaban J connectivity index is 1.27. The SMILES string of the molecule is COC(=O)N[C@@H](CC(=O)N1CCC[C@H]1c1ncc(-c2ccc(-c3ccccc3)cc2)[nH]1)Cc1cccs1. The van der Waals surface area contributed by atoms with Crippen LogP contribution in [0, 0.1) is 0 Å². The molecule has 1 saturated heterocycles. The number of nitrogens with one attached hydrogen (secondary N) is 2. The first-order valence-corrected chi connectivity index (χ1v) is 13.4. The van der Waals surface area contributed by atoms with Gasteiger partial charge in [-0.3, -0.25) is 4.79 Å². The zero-order valence-electron chi connectivity index (χ0n) is 20.7. The standard InChI is InChI=1S/C29H30N4O3S/c1-36-29(35)31-23(17-24-9-6-16-37-24)18-27(34)33-15-5-10-26(33)28-30-19-25(32-28)22-13-11-21(12-14-22)20-7-3-2-4-8-20/h2-4,6-9,11-14,16,19,23,26H,5,10,15,17-18H2,1H3,(H,30,32)(H,31,35)/t23-,26+/m1/s1. The fraction of sp³-hybridized carbons (Fsp3) is 0.276. The molecule has 2 aromatic carbocycles. The number of amides is 2. The first-order valence-electron chi connectivity index (χ1n) is 12.5. The third kappa shape index (κ3) is 5.91. The fourth-order valence-electron chi connectivity index (χ4n) is 4.87. The molecule has 0 bridgehead atoms. The summed E-state index contributed by atoms with van der Waals surface area (Å²) in [4.78, 5) is 36.4. The Kier molecular flexibility index (Phi) is 7.65. The minimum Gasteiger partial charge on any atom is -0.453 e. The number of likely N-dealkylation sites (tertiary alicyclic amines) is 1. The molecule has 2 N–H and O–H groups in total. The van der Waals surface area contributed by atoms with Gasteiger partial charge >= 0.3 is 6.09 Å². The summed E-state index contributed by atoms with van der Waals surface area (Å²) in [6, 6.07) is 22.2. The van der Waals surface area contributed by atoms with Gasteiger partial charge in [0.1, 0.15) is 5.82 Å². The Labute approximate surface area is 220 Å². The van der Waals surface area contributed by atoms with Crippen molar-refractivity contribution in [3.05, 3.63) is 89.0 Å². The van der Waals surface area contributed by atoms with E-state index in [1.807, 2.05) is 46.8 Å². The van der Waals surface area contributed by atoms with Gasteiger partial charge < -0.3 is 19.9 Å². The first-order chi connectivity index (χ1) is 18.1. The highest BCUT2D eigenvalue weighted by atomic mass is 32.1. The molecule has 1 aliphatic rings. The van der Waals surface area contributed by atoms with E-state index in [1.165, 1.54) is 12.7 Å². The molecule has 37 heavy (non-hydrogen) atoms. The van der Waals surface area contributed by atoms with E-state index >= 15 is 0 Å². The monoisotopic (exact) mass is 514 g/mol. The molecular formula is C29H30N4O3S. The second-order valence-corrected chi connectivity index (χ2v) is 10.2. The summed E-state index contributed by atoms with van der Waals surface area (Å²) in [6.07, 6.45) is 3.87. The number of rotatable bonds is 8. The lowest BCUT2D eigenvalue weighted by Crippen LogP contribution is -2.41. The van der Waals surface area contributed by atoms with Crippen molar-refractivity contribution in [1.29, 1.82) is 0 Å². The van der Waals surface area contributed by atoms with E-state index < -0.39 is 6.09 Å². The molecule has 4 aromatic rings.